The average Bonchev–Trinajstić information content (AvgIpc) is 2.42. The van der Waals surface area contributed by atoms with Gasteiger partial charge in [-0.25, -0.2) is 4.79 Å². The van der Waals surface area contributed by atoms with Crippen LogP contribution in [-0.4, -0.2) is 61.3 Å². The lowest BCUT2D eigenvalue weighted by Crippen LogP contribution is -2.45. The Balaban J connectivity index is 4.25. The van der Waals surface area contributed by atoms with E-state index in [4.69, 9.17) is 9.84 Å². The summed E-state index contributed by atoms with van der Waals surface area (Å²) in [6.45, 7) is 0.370. The standard InChI is InChI=1S/C18H27NO6/c1-19(2,3)14-15(13-17(22)23)25-18(24)12-10-8-6-4-5-7-9-11-16(20)21/h4-7,10,12,15H,8-9,11,13-14H2,1-3H3,(H-,20,21,22,23)/b6-4+,7-5+,12-10+. The molecule has 0 rings (SSSR count). The van der Waals surface area contributed by atoms with E-state index in [-0.39, 0.29) is 12.8 Å². The van der Waals surface area contributed by atoms with Gasteiger partial charge >= 0.3 is 11.9 Å². The van der Waals surface area contributed by atoms with Crippen LogP contribution < -0.4 is 5.11 Å². The maximum atomic E-state index is 11.7. The molecule has 0 saturated carbocycles. The Morgan fingerprint density at radius 2 is 1.76 bits per heavy atom. The summed E-state index contributed by atoms with van der Waals surface area (Å²) in [4.78, 5) is 32.8. The Morgan fingerprint density at radius 1 is 1.12 bits per heavy atom. The van der Waals surface area contributed by atoms with Gasteiger partial charge in [0.2, 0.25) is 0 Å². The minimum absolute atomic E-state index is 0.0936. The van der Waals surface area contributed by atoms with E-state index in [9.17, 15) is 19.5 Å². The minimum atomic E-state index is -1.26. The molecule has 7 heteroatoms. The van der Waals surface area contributed by atoms with E-state index < -0.39 is 24.0 Å². The number of carbonyl (C=O) groups excluding carboxylic acids is 2. The summed E-state index contributed by atoms with van der Waals surface area (Å²) in [6, 6.07) is 0. The molecular formula is C18H27NO6. The van der Waals surface area contributed by atoms with Crippen molar-refractivity contribution in [2.45, 2.75) is 31.8 Å². The van der Waals surface area contributed by atoms with Crippen molar-refractivity contribution in [3.05, 3.63) is 36.5 Å². The first-order chi connectivity index (χ1) is 11.6. The lowest BCUT2D eigenvalue weighted by Gasteiger charge is -2.29. The van der Waals surface area contributed by atoms with E-state index >= 15 is 0 Å². The predicted molar refractivity (Wildman–Crippen MR) is 91.3 cm³/mol. The predicted octanol–water partition coefficient (Wildman–Crippen LogP) is 0.668. The van der Waals surface area contributed by atoms with Crippen LogP contribution in [0.15, 0.2) is 36.5 Å². The summed E-state index contributed by atoms with van der Waals surface area (Å²) < 4.78 is 5.63. The van der Waals surface area contributed by atoms with Crippen LogP contribution in [0.1, 0.15) is 25.7 Å². The van der Waals surface area contributed by atoms with E-state index in [2.05, 4.69) is 0 Å². The average molecular weight is 353 g/mol. The molecule has 0 heterocycles. The van der Waals surface area contributed by atoms with Gasteiger partial charge < -0.3 is 24.2 Å². The van der Waals surface area contributed by atoms with Crippen LogP contribution in [0.2, 0.25) is 0 Å². The van der Waals surface area contributed by atoms with Gasteiger partial charge in [0.1, 0.15) is 6.54 Å². The van der Waals surface area contributed by atoms with Crippen molar-refractivity contribution in [2.24, 2.45) is 0 Å². The van der Waals surface area contributed by atoms with E-state index in [0.29, 0.717) is 23.9 Å². The Bertz CT molecular complexity index is 528. The fraction of sp³-hybridized carbons (Fsp3) is 0.500. The second kappa shape index (κ2) is 12.0. The highest BCUT2D eigenvalue weighted by molar-refractivity contribution is 5.82. The molecule has 0 aliphatic heterocycles. The lowest BCUT2D eigenvalue weighted by molar-refractivity contribution is -0.873. The number of rotatable bonds is 12. The smallest absolute Gasteiger partial charge is 0.330 e. The molecule has 0 aromatic rings. The zero-order chi connectivity index (χ0) is 19.3. The van der Waals surface area contributed by atoms with Crippen LogP contribution in [0.4, 0.5) is 0 Å². The van der Waals surface area contributed by atoms with Gasteiger partial charge in [-0.1, -0.05) is 30.4 Å². The van der Waals surface area contributed by atoms with E-state index in [0.717, 1.165) is 0 Å². The summed E-state index contributed by atoms with van der Waals surface area (Å²) >= 11 is 0. The van der Waals surface area contributed by atoms with Gasteiger partial charge in [-0.3, -0.25) is 4.79 Å². The Kier molecular flexibility index (Phi) is 10.9. The first kappa shape index (κ1) is 22.6. The molecule has 0 radical (unpaired) electrons. The highest BCUT2D eigenvalue weighted by Gasteiger charge is 2.21. The van der Waals surface area contributed by atoms with Crippen molar-refractivity contribution >= 4 is 17.9 Å². The van der Waals surface area contributed by atoms with Crippen molar-refractivity contribution in [1.29, 1.82) is 0 Å². The molecule has 0 fully saturated rings. The third-order valence-corrected chi connectivity index (χ3v) is 2.86. The molecule has 0 saturated heterocycles. The molecule has 7 nitrogen and oxygen atoms in total. The molecule has 0 aromatic heterocycles. The third-order valence-electron chi connectivity index (χ3n) is 2.86. The SMILES string of the molecule is C[N+](C)(C)CC(CC(=O)[O-])OC(=O)/C=C/C/C=C/C=C/CCC(=O)O. The second-order valence-electron chi connectivity index (χ2n) is 6.53. The Labute approximate surface area is 148 Å². The Morgan fingerprint density at radius 3 is 2.32 bits per heavy atom. The third kappa shape index (κ3) is 16.2. The number of carboxylic acid groups (broad SMARTS) is 2. The van der Waals surface area contributed by atoms with Crippen molar-refractivity contribution in [1.82, 2.24) is 0 Å². The number of allylic oxidation sites excluding steroid dienone is 5. The van der Waals surface area contributed by atoms with Gasteiger partial charge in [-0.2, -0.15) is 0 Å². The maximum absolute atomic E-state index is 11.7. The van der Waals surface area contributed by atoms with Crippen LogP contribution in [-0.2, 0) is 19.1 Å². The molecule has 0 spiro atoms. The van der Waals surface area contributed by atoms with Crippen LogP contribution >= 0.6 is 0 Å². The number of aliphatic carboxylic acids is 2. The molecule has 25 heavy (non-hydrogen) atoms. The topological polar surface area (TPSA) is 104 Å². The number of nitrogens with zero attached hydrogens (tertiary/aromatic N) is 1. The zero-order valence-electron chi connectivity index (χ0n) is 15.0. The van der Waals surface area contributed by atoms with E-state index in [1.807, 2.05) is 21.1 Å². The highest BCUT2D eigenvalue weighted by atomic mass is 16.5. The molecule has 0 amide bonds. The summed E-state index contributed by atoms with van der Waals surface area (Å²) in [5.74, 6) is -2.68. The summed E-state index contributed by atoms with van der Waals surface area (Å²) in [5.41, 5.74) is 0. The molecule has 0 bridgehead atoms. The second-order valence-corrected chi connectivity index (χ2v) is 6.53. The minimum Gasteiger partial charge on any atom is -0.550 e. The first-order valence-corrected chi connectivity index (χ1v) is 8.01. The molecule has 1 N–H and O–H groups in total. The van der Waals surface area contributed by atoms with Crippen molar-refractivity contribution in [3.63, 3.8) is 0 Å². The summed E-state index contributed by atoms with van der Waals surface area (Å²) in [5, 5.41) is 19.2. The van der Waals surface area contributed by atoms with Gasteiger partial charge in [0.25, 0.3) is 0 Å². The molecule has 1 unspecified atom stereocenters. The number of hydrogen-bond donors (Lipinski definition) is 1. The molecular weight excluding hydrogens is 326 g/mol. The molecule has 0 aromatic carbocycles. The van der Waals surface area contributed by atoms with Crippen molar-refractivity contribution in [2.75, 3.05) is 27.7 Å². The van der Waals surface area contributed by atoms with Crippen molar-refractivity contribution < 1.29 is 33.8 Å². The van der Waals surface area contributed by atoms with Gasteiger partial charge in [0.05, 0.1) is 21.1 Å². The number of hydrogen-bond acceptors (Lipinski definition) is 5. The number of carboxylic acids is 2. The van der Waals surface area contributed by atoms with Crippen molar-refractivity contribution in [3.8, 4) is 0 Å². The zero-order valence-corrected chi connectivity index (χ0v) is 15.0. The van der Waals surface area contributed by atoms with E-state index in [1.54, 1.807) is 30.4 Å². The van der Waals surface area contributed by atoms with Gasteiger partial charge in [-0.05, 0) is 12.8 Å². The fourth-order valence-electron chi connectivity index (χ4n) is 1.93. The quantitative estimate of drug-likeness (QED) is 0.239. The van der Waals surface area contributed by atoms with Crippen LogP contribution in [0.25, 0.3) is 0 Å². The largest absolute Gasteiger partial charge is 0.550 e. The number of likely N-dealkylation sites (N-methyl/N-ethyl adjacent to an activating group) is 1. The molecule has 0 aliphatic carbocycles. The fourth-order valence-corrected chi connectivity index (χ4v) is 1.93. The Hall–Kier alpha value is -2.41. The normalized spacial score (nSPS) is 13.6. The van der Waals surface area contributed by atoms with Crippen LogP contribution in [0.3, 0.4) is 0 Å². The van der Waals surface area contributed by atoms with Gasteiger partial charge in [0.15, 0.2) is 6.10 Å². The van der Waals surface area contributed by atoms with Crippen LogP contribution in [0, 0.1) is 0 Å². The monoisotopic (exact) mass is 353 g/mol. The number of carbonyl (C=O) groups is 3. The maximum Gasteiger partial charge on any atom is 0.330 e. The number of quaternary nitrogens is 1. The van der Waals surface area contributed by atoms with Crippen LogP contribution in [0.5, 0.6) is 0 Å². The molecule has 140 valence electrons. The lowest BCUT2D eigenvalue weighted by atomic mass is 10.2. The van der Waals surface area contributed by atoms with Gasteiger partial charge in [0, 0.05) is 24.9 Å². The molecule has 0 aliphatic rings. The highest BCUT2D eigenvalue weighted by Crippen LogP contribution is 2.05. The number of esters is 1. The first-order valence-electron chi connectivity index (χ1n) is 8.01. The summed E-state index contributed by atoms with van der Waals surface area (Å²) in [7, 11) is 5.63. The van der Waals surface area contributed by atoms with Gasteiger partial charge in [-0.15, -0.1) is 0 Å². The van der Waals surface area contributed by atoms with E-state index in [1.165, 1.54) is 6.08 Å². The number of ether oxygens (including phenoxy) is 1. The summed E-state index contributed by atoms with van der Waals surface area (Å²) in [6.07, 6.45) is 9.89. The molecule has 1 atom stereocenters.